The molecule has 0 radical (unpaired) electrons. The zero-order chi connectivity index (χ0) is 13.7. The second-order valence-electron chi connectivity index (χ2n) is 3.97. The van der Waals surface area contributed by atoms with Gasteiger partial charge < -0.3 is 10.1 Å². The van der Waals surface area contributed by atoms with Gasteiger partial charge in [0.2, 0.25) is 0 Å². The van der Waals surface area contributed by atoms with E-state index in [0.29, 0.717) is 5.02 Å². The van der Waals surface area contributed by atoms with Gasteiger partial charge in [0.1, 0.15) is 11.6 Å². The first-order valence-corrected chi connectivity index (χ1v) is 7.04. The topological polar surface area (TPSA) is 34.1 Å². The average Bonchev–Trinajstić information content (AvgIpc) is 2.42. The molecular weight excluding hydrogens is 328 g/mol. The van der Waals surface area contributed by atoms with Crippen molar-refractivity contribution in [3.63, 3.8) is 0 Å². The largest absolute Gasteiger partial charge is 0.496 e. The number of hydrogen-bond donors (Lipinski definition) is 1. The van der Waals surface area contributed by atoms with Crippen LogP contribution in [0.1, 0.15) is 5.56 Å². The number of methoxy groups -OCH3 is 1. The molecule has 100 valence electrons. The lowest BCUT2D eigenvalue weighted by molar-refractivity contribution is 0.410. The van der Waals surface area contributed by atoms with Gasteiger partial charge in [-0.05, 0) is 40.0 Å². The van der Waals surface area contributed by atoms with Gasteiger partial charge in [-0.3, -0.25) is 0 Å². The van der Waals surface area contributed by atoms with Crippen molar-refractivity contribution in [2.24, 2.45) is 0 Å². The standard InChI is InChI=1S/C14H14BrClN2O/c1-19-13-5-3-2-4-10(13)6-7-17-14-12(15)8-11(16)9-18-14/h2-5,8-9H,6-7H2,1H3,(H,17,18). The van der Waals surface area contributed by atoms with Crippen LogP contribution in [0, 0.1) is 0 Å². The van der Waals surface area contributed by atoms with Gasteiger partial charge in [0.05, 0.1) is 16.6 Å². The van der Waals surface area contributed by atoms with Gasteiger partial charge in [-0.15, -0.1) is 0 Å². The van der Waals surface area contributed by atoms with E-state index in [1.807, 2.05) is 24.3 Å². The van der Waals surface area contributed by atoms with Crippen molar-refractivity contribution in [1.29, 1.82) is 0 Å². The monoisotopic (exact) mass is 340 g/mol. The zero-order valence-electron chi connectivity index (χ0n) is 10.5. The van der Waals surface area contributed by atoms with Crippen LogP contribution in [0.3, 0.4) is 0 Å². The third-order valence-corrected chi connectivity index (χ3v) is 3.50. The fourth-order valence-electron chi connectivity index (χ4n) is 1.77. The summed E-state index contributed by atoms with van der Waals surface area (Å²) >= 11 is 9.28. The summed E-state index contributed by atoms with van der Waals surface area (Å²) in [5, 5.41) is 3.88. The summed E-state index contributed by atoms with van der Waals surface area (Å²) < 4.78 is 6.18. The van der Waals surface area contributed by atoms with Crippen molar-refractivity contribution in [3.05, 3.63) is 51.6 Å². The van der Waals surface area contributed by atoms with Crippen LogP contribution < -0.4 is 10.1 Å². The number of anilines is 1. The lowest BCUT2D eigenvalue weighted by Gasteiger charge is -2.10. The van der Waals surface area contributed by atoms with Gasteiger partial charge in [-0.1, -0.05) is 29.8 Å². The Hall–Kier alpha value is -1.26. The molecule has 5 heteroatoms. The van der Waals surface area contributed by atoms with Gasteiger partial charge in [0, 0.05) is 12.7 Å². The Labute approximate surface area is 126 Å². The third-order valence-electron chi connectivity index (χ3n) is 2.69. The van der Waals surface area contributed by atoms with Crippen molar-refractivity contribution in [2.75, 3.05) is 19.0 Å². The van der Waals surface area contributed by atoms with Crippen LogP contribution in [0.25, 0.3) is 0 Å². The third kappa shape index (κ3) is 3.85. The molecule has 0 atom stereocenters. The molecule has 3 nitrogen and oxygen atoms in total. The molecule has 0 aliphatic carbocycles. The Morgan fingerprint density at radius 2 is 2.16 bits per heavy atom. The molecule has 2 aromatic rings. The number of para-hydroxylation sites is 1. The Morgan fingerprint density at radius 1 is 1.37 bits per heavy atom. The second-order valence-corrected chi connectivity index (χ2v) is 5.26. The van der Waals surface area contributed by atoms with Crippen LogP contribution >= 0.6 is 27.5 Å². The zero-order valence-corrected chi connectivity index (χ0v) is 12.8. The molecule has 0 bridgehead atoms. The normalized spacial score (nSPS) is 10.3. The van der Waals surface area contributed by atoms with Crippen LogP contribution in [-0.4, -0.2) is 18.6 Å². The van der Waals surface area contributed by atoms with E-state index >= 15 is 0 Å². The maximum Gasteiger partial charge on any atom is 0.140 e. The highest BCUT2D eigenvalue weighted by atomic mass is 79.9. The Balaban J connectivity index is 1.96. The maximum atomic E-state index is 5.85. The quantitative estimate of drug-likeness (QED) is 0.886. The van der Waals surface area contributed by atoms with Crippen LogP contribution in [0.15, 0.2) is 41.0 Å². The first-order chi connectivity index (χ1) is 9.20. The highest BCUT2D eigenvalue weighted by molar-refractivity contribution is 9.10. The summed E-state index contributed by atoms with van der Waals surface area (Å²) in [5.74, 6) is 1.70. The number of hydrogen-bond acceptors (Lipinski definition) is 3. The minimum Gasteiger partial charge on any atom is -0.496 e. The number of nitrogens with one attached hydrogen (secondary N) is 1. The predicted molar refractivity (Wildman–Crippen MR) is 82.1 cm³/mol. The van der Waals surface area contributed by atoms with Crippen LogP contribution in [0.2, 0.25) is 5.02 Å². The van der Waals surface area contributed by atoms with E-state index in [0.717, 1.165) is 29.0 Å². The fraction of sp³-hybridized carbons (Fsp3) is 0.214. The number of nitrogens with zero attached hydrogens (tertiary/aromatic N) is 1. The number of ether oxygens (including phenoxy) is 1. The minimum atomic E-state index is 0.613. The summed E-state index contributed by atoms with van der Waals surface area (Å²) in [4.78, 5) is 4.23. The maximum absolute atomic E-state index is 5.85. The molecule has 2 rings (SSSR count). The number of rotatable bonds is 5. The summed E-state index contributed by atoms with van der Waals surface area (Å²) in [6.07, 6.45) is 2.48. The summed E-state index contributed by atoms with van der Waals surface area (Å²) in [5.41, 5.74) is 1.17. The van der Waals surface area contributed by atoms with E-state index in [1.54, 1.807) is 13.3 Å². The predicted octanol–water partition coefficient (Wildman–Crippen LogP) is 4.16. The molecule has 1 aromatic carbocycles. The van der Waals surface area contributed by atoms with E-state index in [-0.39, 0.29) is 0 Å². The van der Waals surface area contributed by atoms with Crippen molar-refractivity contribution in [1.82, 2.24) is 4.98 Å². The van der Waals surface area contributed by atoms with E-state index in [4.69, 9.17) is 16.3 Å². The van der Waals surface area contributed by atoms with Crippen molar-refractivity contribution in [3.8, 4) is 5.75 Å². The van der Waals surface area contributed by atoms with Crippen molar-refractivity contribution < 1.29 is 4.74 Å². The van der Waals surface area contributed by atoms with Crippen molar-refractivity contribution >= 4 is 33.3 Å². The minimum absolute atomic E-state index is 0.613. The molecular formula is C14H14BrClN2O. The molecule has 0 saturated carbocycles. The molecule has 0 saturated heterocycles. The average molecular weight is 342 g/mol. The fourth-order valence-corrected chi connectivity index (χ4v) is 2.55. The van der Waals surface area contributed by atoms with Gasteiger partial charge in [0.15, 0.2) is 0 Å². The van der Waals surface area contributed by atoms with E-state index in [2.05, 4.69) is 32.3 Å². The van der Waals surface area contributed by atoms with Crippen LogP contribution in [0.4, 0.5) is 5.82 Å². The molecule has 0 unspecified atom stereocenters. The Kier molecular flexibility index (Phi) is 5.05. The lowest BCUT2D eigenvalue weighted by Crippen LogP contribution is -2.07. The van der Waals surface area contributed by atoms with Crippen molar-refractivity contribution in [2.45, 2.75) is 6.42 Å². The van der Waals surface area contributed by atoms with Gasteiger partial charge in [-0.25, -0.2) is 4.98 Å². The van der Waals surface area contributed by atoms with Gasteiger partial charge >= 0.3 is 0 Å². The number of aromatic nitrogens is 1. The van der Waals surface area contributed by atoms with Gasteiger partial charge in [0.25, 0.3) is 0 Å². The molecule has 19 heavy (non-hydrogen) atoms. The van der Waals surface area contributed by atoms with Gasteiger partial charge in [-0.2, -0.15) is 0 Å². The first kappa shape index (κ1) is 14.2. The molecule has 0 aliphatic rings. The highest BCUT2D eigenvalue weighted by Crippen LogP contribution is 2.23. The second kappa shape index (κ2) is 6.78. The first-order valence-electron chi connectivity index (χ1n) is 5.87. The number of halogens is 2. The molecule has 0 spiro atoms. The lowest BCUT2D eigenvalue weighted by atomic mass is 10.1. The molecule has 1 heterocycles. The summed E-state index contributed by atoms with van der Waals surface area (Å²) in [7, 11) is 1.68. The SMILES string of the molecule is COc1ccccc1CCNc1ncc(Cl)cc1Br. The molecule has 0 fully saturated rings. The molecule has 1 N–H and O–H groups in total. The molecule has 0 amide bonds. The van der Waals surface area contributed by atoms with Crippen LogP contribution in [0.5, 0.6) is 5.75 Å². The number of benzene rings is 1. The Morgan fingerprint density at radius 3 is 2.89 bits per heavy atom. The smallest absolute Gasteiger partial charge is 0.140 e. The van der Waals surface area contributed by atoms with Crippen LogP contribution in [-0.2, 0) is 6.42 Å². The summed E-state index contributed by atoms with van der Waals surface area (Å²) in [6.45, 7) is 0.771. The van der Waals surface area contributed by atoms with E-state index in [9.17, 15) is 0 Å². The molecule has 0 aliphatic heterocycles. The Bertz CT molecular complexity index is 563. The van der Waals surface area contributed by atoms with E-state index < -0.39 is 0 Å². The van der Waals surface area contributed by atoms with E-state index in [1.165, 1.54) is 5.56 Å². The molecule has 1 aromatic heterocycles. The number of pyridine rings is 1. The highest BCUT2D eigenvalue weighted by Gasteiger charge is 2.04. The summed E-state index contributed by atoms with van der Waals surface area (Å²) in [6, 6.07) is 9.82.